The molecule has 2 aromatic carbocycles. The molecule has 0 radical (unpaired) electrons. The lowest BCUT2D eigenvalue weighted by atomic mass is 10.0. The van der Waals surface area contributed by atoms with Gasteiger partial charge in [-0.3, -0.25) is 0 Å². The smallest absolute Gasteiger partial charge is 0.347 e. The number of nitrogens with zero attached hydrogens (tertiary/aromatic N) is 1. The third-order valence-corrected chi connectivity index (χ3v) is 3.70. The van der Waals surface area contributed by atoms with E-state index < -0.39 is 5.63 Å². The lowest BCUT2D eigenvalue weighted by Gasteiger charge is -2.07. The molecule has 4 heteroatoms. The maximum atomic E-state index is 12.2. The highest BCUT2D eigenvalue weighted by molar-refractivity contribution is 6.08. The van der Waals surface area contributed by atoms with Gasteiger partial charge in [-0.05, 0) is 12.1 Å². The Kier molecular flexibility index (Phi) is 2.69. The first-order chi connectivity index (χ1) is 10.7. The Hall–Kier alpha value is -3.14. The molecular weight excluding hydrogens is 276 g/mol. The van der Waals surface area contributed by atoms with E-state index in [9.17, 15) is 4.79 Å². The molecule has 0 saturated heterocycles. The van der Waals surface area contributed by atoms with Crippen LogP contribution in [0, 0.1) is 0 Å². The normalized spacial score (nSPS) is 11.1. The summed E-state index contributed by atoms with van der Waals surface area (Å²) in [7, 11) is 0. The van der Waals surface area contributed by atoms with Crippen LogP contribution in [0.25, 0.3) is 33.0 Å². The van der Waals surface area contributed by atoms with Gasteiger partial charge < -0.3 is 10.2 Å². The summed E-state index contributed by atoms with van der Waals surface area (Å²) in [5.74, 6) is 0.191. The van der Waals surface area contributed by atoms with Crippen LogP contribution in [0.15, 0.2) is 69.9 Å². The van der Waals surface area contributed by atoms with Crippen molar-refractivity contribution in [3.63, 3.8) is 0 Å². The third-order valence-electron chi connectivity index (χ3n) is 3.70. The van der Waals surface area contributed by atoms with Gasteiger partial charge in [-0.15, -0.1) is 0 Å². The van der Waals surface area contributed by atoms with Gasteiger partial charge in [0.05, 0.1) is 5.69 Å². The van der Waals surface area contributed by atoms with Crippen molar-refractivity contribution in [2.75, 3.05) is 5.73 Å². The van der Waals surface area contributed by atoms with Crippen molar-refractivity contribution in [2.45, 2.75) is 0 Å². The molecule has 2 aromatic heterocycles. The van der Waals surface area contributed by atoms with Crippen LogP contribution < -0.4 is 11.4 Å². The van der Waals surface area contributed by atoms with E-state index in [0.29, 0.717) is 11.0 Å². The standard InChI is InChI=1S/C18H12N2O2/c19-17-16-13(10-14(20-17)11-6-2-1-3-7-11)12-8-4-5-9-15(12)22-18(16)21/h1-10H,(H2,19,20). The van der Waals surface area contributed by atoms with Crippen molar-refractivity contribution < 1.29 is 4.42 Å². The molecule has 22 heavy (non-hydrogen) atoms. The molecule has 0 amide bonds. The highest BCUT2D eigenvalue weighted by Crippen LogP contribution is 2.29. The number of benzene rings is 2. The molecule has 0 bridgehead atoms. The second-order valence-electron chi connectivity index (χ2n) is 5.07. The van der Waals surface area contributed by atoms with E-state index in [0.717, 1.165) is 22.0 Å². The van der Waals surface area contributed by atoms with Gasteiger partial charge in [0.2, 0.25) is 0 Å². The Morgan fingerprint density at radius 1 is 0.909 bits per heavy atom. The van der Waals surface area contributed by atoms with E-state index in [2.05, 4.69) is 4.98 Å². The van der Waals surface area contributed by atoms with Gasteiger partial charge in [-0.1, -0.05) is 48.5 Å². The fraction of sp³-hybridized carbons (Fsp3) is 0. The van der Waals surface area contributed by atoms with Gasteiger partial charge in [-0.2, -0.15) is 0 Å². The summed E-state index contributed by atoms with van der Waals surface area (Å²) in [5.41, 5.74) is 7.79. The summed E-state index contributed by atoms with van der Waals surface area (Å²) < 4.78 is 5.33. The number of nitrogen functional groups attached to an aromatic ring is 1. The van der Waals surface area contributed by atoms with E-state index in [1.54, 1.807) is 6.07 Å². The molecule has 0 aliphatic heterocycles. The number of pyridine rings is 1. The SMILES string of the molecule is Nc1nc(-c2ccccc2)cc2c1c(=O)oc1ccccc12. The first-order valence-corrected chi connectivity index (χ1v) is 6.91. The van der Waals surface area contributed by atoms with Crippen molar-refractivity contribution >= 4 is 27.6 Å². The average Bonchev–Trinajstić information content (AvgIpc) is 2.55. The predicted molar refractivity (Wildman–Crippen MR) is 87.6 cm³/mol. The van der Waals surface area contributed by atoms with E-state index in [1.807, 2.05) is 54.6 Å². The Balaban J connectivity index is 2.17. The minimum atomic E-state index is -0.460. The molecular formula is C18H12N2O2. The largest absolute Gasteiger partial charge is 0.422 e. The number of rotatable bonds is 1. The lowest BCUT2D eigenvalue weighted by Crippen LogP contribution is -2.06. The summed E-state index contributed by atoms with van der Waals surface area (Å²) in [5, 5.41) is 1.94. The van der Waals surface area contributed by atoms with Crippen molar-refractivity contribution in [3.8, 4) is 11.3 Å². The van der Waals surface area contributed by atoms with Gasteiger partial charge in [0.25, 0.3) is 0 Å². The van der Waals surface area contributed by atoms with Crippen molar-refractivity contribution in [2.24, 2.45) is 0 Å². The molecule has 0 atom stereocenters. The van der Waals surface area contributed by atoms with Crippen LogP contribution in [0.5, 0.6) is 0 Å². The average molecular weight is 288 g/mol. The molecule has 4 aromatic rings. The molecule has 2 heterocycles. The number of para-hydroxylation sites is 1. The zero-order chi connectivity index (χ0) is 15.1. The second kappa shape index (κ2) is 4.70. The summed E-state index contributed by atoms with van der Waals surface area (Å²) in [6, 6.07) is 19.1. The Morgan fingerprint density at radius 2 is 1.64 bits per heavy atom. The number of hydrogen-bond donors (Lipinski definition) is 1. The minimum Gasteiger partial charge on any atom is -0.422 e. The number of nitrogens with two attached hydrogens (primary N) is 1. The van der Waals surface area contributed by atoms with E-state index in [-0.39, 0.29) is 5.82 Å². The molecule has 0 aliphatic rings. The molecule has 0 unspecified atom stereocenters. The second-order valence-corrected chi connectivity index (χ2v) is 5.07. The predicted octanol–water partition coefficient (Wildman–Crippen LogP) is 3.59. The highest BCUT2D eigenvalue weighted by Gasteiger charge is 2.13. The number of fused-ring (bicyclic) bond motifs is 3. The van der Waals surface area contributed by atoms with Crippen LogP contribution in [0.1, 0.15) is 0 Å². The quantitative estimate of drug-likeness (QED) is 0.429. The summed E-state index contributed by atoms with van der Waals surface area (Å²) in [6.07, 6.45) is 0. The van der Waals surface area contributed by atoms with Crippen molar-refractivity contribution in [1.82, 2.24) is 4.98 Å². The van der Waals surface area contributed by atoms with Crippen LogP contribution in [-0.4, -0.2) is 4.98 Å². The van der Waals surface area contributed by atoms with Crippen LogP contribution >= 0.6 is 0 Å². The molecule has 4 rings (SSSR count). The maximum absolute atomic E-state index is 12.2. The zero-order valence-corrected chi connectivity index (χ0v) is 11.6. The molecule has 0 aliphatic carbocycles. The Morgan fingerprint density at radius 3 is 2.45 bits per heavy atom. The van der Waals surface area contributed by atoms with Crippen LogP contribution in [0.2, 0.25) is 0 Å². The lowest BCUT2D eigenvalue weighted by molar-refractivity contribution is 0.570. The van der Waals surface area contributed by atoms with Gasteiger partial charge in [0.1, 0.15) is 16.8 Å². The maximum Gasteiger partial charge on any atom is 0.347 e. The summed E-state index contributed by atoms with van der Waals surface area (Å²) in [6.45, 7) is 0. The van der Waals surface area contributed by atoms with Crippen LogP contribution in [-0.2, 0) is 0 Å². The molecule has 2 N–H and O–H groups in total. The van der Waals surface area contributed by atoms with Gasteiger partial charge in [0, 0.05) is 16.3 Å². The van der Waals surface area contributed by atoms with Gasteiger partial charge >= 0.3 is 5.63 Å². The van der Waals surface area contributed by atoms with Gasteiger partial charge in [-0.25, -0.2) is 9.78 Å². The summed E-state index contributed by atoms with van der Waals surface area (Å²) in [4.78, 5) is 16.5. The zero-order valence-electron chi connectivity index (χ0n) is 11.6. The Bertz CT molecular complexity index is 1050. The molecule has 0 spiro atoms. The fourth-order valence-corrected chi connectivity index (χ4v) is 2.68. The van der Waals surface area contributed by atoms with Gasteiger partial charge in [0.15, 0.2) is 0 Å². The topological polar surface area (TPSA) is 69.1 Å². The molecule has 106 valence electrons. The first kappa shape index (κ1) is 12.6. The van der Waals surface area contributed by atoms with Crippen LogP contribution in [0.3, 0.4) is 0 Å². The molecule has 4 nitrogen and oxygen atoms in total. The van der Waals surface area contributed by atoms with Crippen molar-refractivity contribution in [1.29, 1.82) is 0 Å². The number of aromatic nitrogens is 1. The van der Waals surface area contributed by atoms with E-state index >= 15 is 0 Å². The third kappa shape index (κ3) is 1.85. The minimum absolute atomic E-state index is 0.191. The molecule has 0 fully saturated rings. The Labute approximate surface area is 125 Å². The summed E-state index contributed by atoms with van der Waals surface area (Å²) >= 11 is 0. The van der Waals surface area contributed by atoms with Crippen LogP contribution in [0.4, 0.5) is 5.82 Å². The molecule has 0 saturated carbocycles. The van der Waals surface area contributed by atoms with E-state index in [4.69, 9.17) is 10.2 Å². The number of anilines is 1. The highest BCUT2D eigenvalue weighted by atomic mass is 16.4. The van der Waals surface area contributed by atoms with Crippen molar-refractivity contribution in [3.05, 3.63) is 71.1 Å². The van der Waals surface area contributed by atoms with E-state index in [1.165, 1.54) is 0 Å². The number of hydrogen-bond acceptors (Lipinski definition) is 4. The monoisotopic (exact) mass is 288 g/mol. The first-order valence-electron chi connectivity index (χ1n) is 6.91. The fourth-order valence-electron chi connectivity index (χ4n) is 2.68.